The second kappa shape index (κ2) is 14.9. The van der Waals surface area contributed by atoms with Gasteiger partial charge in [-0.15, -0.1) is 0 Å². The molecule has 7 rings (SSSR count). The average Bonchev–Trinajstić information content (AvgIpc) is 3.72. The van der Waals surface area contributed by atoms with E-state index in [0.717, 1.165) is 38.9 Å². The van der Waals surface area contributed by atoms with Crippen LogP contribution in [0.5, 0.6) is 5.88 Å². The monoisotopic (exact) mass is 769 g/mol. The summed E-state index contributed by atoms with van der Waals surface area (Å²) < 4.78 is 13.6. The number of carbonyl (C=O) groups excluding carboxylic acids is 2. The highest BCUT2D eigenvalue weighted by atomic mass is 35.5. The minimum absolute atomic E-state index is 0.0335. The zero-order chi connectivity index (χ0) is 38.3. The number of aromatic nitrogens is 2. The summed E-state index contributed by atoms with van der Waals surface area (Å²) in [7, 11) is 1.53. The lowest BCUT2D eigenvalue weighted by Gasteiger charge is -2.29. The Morgan fingerprint density at radius 3 is 2.33 bits per heavy atom. The number of rotatable bonds is 8. The van der Waals surface area contributed by atoms with Crippen molar-refractivity contribution < 1.29 is 29.0 Å². The Bertz CT molecular complexity index is 2280. The highest BCUT2D eigenvalue weighted by Crippen LogP contribution is 2.43. The van der Waals surface area contributed by atoms with Crippen molar-refractivity contribution in [3.05, 3.63) is 94.1 Å². The molecule has 2 aromatic heterocycles. The lowest BCUT2D eigenvalue weighted by Crippen LogP contribution is -2.43. The van der Waals surface area contributed by atoms with E-state index in [0.29, 0.717) is 65.2 Å². The van der Waals surface area contributed by atoms with Crippen molar-refractivity contribution in [2.75, 3.05) is 20.2 Å². The number of amides is 3. The molecular weight excluding hydrogens is 729 g/mol. The van der Waals surface area contributed by atoms with Gasteiger partial charge in [0.2, 0.25) is 11.8 Å². The van der Waals surface area contributed by atoms with Crippen LogP contribution in [0.15, 0.2) is 72.8 Å². The fourth-order valence-electron chi connectivity index (χ4n) is 7.18. The molecule has 3 aromatic carbocycles. The van der Waals surface area contributed by atoms with E-state index in [1.165, 1.54) is 12.0 Å². The first-order valence-corrected chi connectivity index (χ1v) is 18.5. The molecule has 0 aliphatic carbocycles. The van der Waals surface area contributed by atoms with E-state index in [2.05, 4.69) is 22.0 Å². The van der Waals surface area contributed by atoms with Crippen molar-refractivity contribution in [3.8, 4) is 39.4 Å². The predicted octanol–water partition coefficient (Wildman–Crippen LogP) is 8.86. The van der Waals surface area contributed by atoms with E-state index >= 15 is 0 Å². The maximum atomic E-state index is 13.3. The minimum atomic E-state index is -0.916. The van der Waals surface area contributed by atoms with Crippen molar-refractivity contribution in [2.45, 2.75) is 64.9 Å². The Morgan fingerprint density at radius 1 is 0.963 bits per heavy atom. The molecule has 1 saturated heterocycles. The smallest absolute Gasteiger partial charge is 0.410 e. The summed E-state index contributed by atoms with van der Waals surface area (Å²) in [6.45, 7) is 7.27. The van der Waals surface area contributed by atoms with Crippen LogP contribution in [0.3, 0.4) is 0 Å². The first-order chi connectivity index (χ1) is 25.8. The Labute approximate surface area is 323 Å². The fraction of sp³-hybridized carbons (Fsp3) is 0.317. The fourth-order valence-corrected chi connectivity index (χ4v) is 7.84. The first-order valence-electron chi connectivity index (χ1n) is 17.8. The Hall–Kier alpha value is -5.26. The van der Waals surface area contributed by atoms with Gasteiger partial charge >= 0.3 is 12.2 Å². The molecule has 2 aliphatic heterocycles. The second-order valence-electron chi connectivity index (χ2n) is 14.6. The highest BCUT2D eigenvalue weighted by molar-refractivity contribution is 6.39. The number of nitrogens with zero attached hydrogens (tertiary/aromatic N) is 4. The van der Waals surface area contributed by atoms with Gasteiger partial charge in [-0.25, -0.2) is 14.6 Å². The van der Waals surface area contributed by atoms with E-state index in [1.54, 1.807) is 4.90 Å². The van der Waals surface area contributed by atoms with Crippen LogP contribution in [-0.2, 0) is 29.2 Å². The predicted molar refractivity (Wildman–Crippen MR) is 209 cm³/mol. The third-order valence-electron chi connectivity index (χ3n) is 9.75. The standard InChI is InChI=1S/C41H41Cl2N5O6/c1-41(2,3)54-40(52)47(22-27-13-16-35(49)44-27)21-25-11-14-33(45-38(25)53-4)32-10-6-9-31(37(32)43)30-8-5-7-29(36(30)42)24-12-15-34-26(19-24)20-28-23-46(39(50)51)17-18-48(28)34/h5-12,14-15,19-20,27H,13,16-18,21-23H2,1-4H3,(H,44,49)(H,50,51). The molecular formula is C41H41Cl2N5O6. The number of benzene rings is 3. The molecule has 5 aromatic rings. The molecule has 1 unspecified atom stereocenters. The molecule has 11 nitrogen and oxygen atoms in total. The summed E-state index contributed by atoms with van der Waals surface area (Å²) in [4.78, 5) is 44.6. The number of hydrogen-bond acceptors (Lipinski definition) is 6. The Morgan fingerprint density at radius 2 is 1.67 bits per heavy atom. The van der Waals surface area contributed by atoms with Gasteiger partial charge < -0.3 is 34.3 Å². The molecule has 0 radical (unpaired) electrons. The lowest BCUT2D eigenvalue weighted by molar-refractivity contribution is -0.119. The summed E-state index contributed by atoms with van der Waals surface area (Å²) in [5.74, 6) is 0.297. The molecule has 0 saturated carbocycles. The van der Waals surface area contributed by atoms with Crippen molar-refractivity contribution >= 4 is 52.2 Å². The van der Waals surface area contributed by atoms with E-state index in [1.807, 2.05) is 81.4 Å². The molecule has 0 bridgehead atoms. The maximum absolute atomic E-state index is 13.3. The van der Waals surface area contributed by atoms with Gasteiger partial charge in [-0.05, 0) is 63.1 Å². The van der Waals surface area contributed by atoms with E-state index in [4.69, 9.17) is 37.7 Å². The van der Waals surface area contributed by atoms with Crippen LogP contribution in [0.1, 0.15) is 44.9 Å². The quantitative estimate of drug-likeness (QED) is 0.162. The number of nitrogens with one attached hydrogen (secondary N) is 1. The van der Waals surface area contributed by atoms with E-state index in [9.17, 15) is 19.5 Å². The van der Waals surface area contributed by atoms with Crippen LogP contribution >= 0.6 is 23.2 Å². The number of methoxy groups -OCH3 is 1. The molecule has 0 spiro atoms. The summed E-state index contributed by atoms with van der Waals surface area (Å²) >= 11 is 14.3. The largest absolute Gasteiger partial charge is 0.481 e. The first kappa shape index (κ1) is 37.1. The normalized spacial score (nSPS) is 15.6. The van der Waals surface area contributed by atoms with E-state index in [-0.39, 0.29) is 25.0 Å². The van der Waals surface area contributed by atoms with Crippen LogP contribution in [-0.4, -0.2) is 74.4 Å². The topological polar surface area (TPSA) is 126 Å². The summed E-state index contributed by atoms with van der Waals surface area (Å²) in [6, 6.07) is 23.3. The Balaban J connectivity index is 1.17. The molecule has 280 valence electrons. The van der Waals surface area contributed by atoms with Gasteiger partial charge in [0.05, 0.1) is 35.9 Å². The van der Waals surface area contributed by atoms with Crippen LogP contribution in [0, 0.1) is 0 Å². The molecule has 2 aliphatic rings. The molecule has 4 heterocycles. The molecule has 1 atom stereocenters. The number of fused-ring (bicyclic) bond motifs is 3. The van der Waals surface area contributed by atoms with Gasteiger partial charge in [0, 0.05) is 76.5 Å². The highest BCUT2D eigenvalue weighted by Gasteiger charge is 2.30. The second-order valence-corrected chi connectivity index (χ2v) is 15.4. The third-order valence-corrected chi connectivity index (χ3v) is 10.6. The van der Waals surface area contributed by atoms with Crippen LogP contribution < -0.4 is 10.1 Å². The summed E-state index contributed by atoms with van der Waals surface area (Å²) in [5.41, 5.74) is 6.48. The minimum Gasteiger partial charge on any atom is -0.481 e. The molecule has 13 heteroatoms. The average molecular weight is 771 g/mol. The lowest BCUT2D eigenvalue weighted by atomic mass is 9.96. The van der Waals surface area contributed by atoms with Gasteiger partial charge in [0.1, 0.15) is 5.60 Å². The van der Waals surface area contributed by atoms with E-state index < -0.39 is 17.8 Å². The summed E-state index contributed by atoms with van der Waals surface area (Å²) in [6.07, 6.45) is -0.360. The zero-order valence-corrected chi connectivity index (χ0v) is 32.0. The third kappa shape index (κ3) is 7.56. The van der Waals surface area contributed by atoms with Gasteiger partial charge in [-0.2, -0.15) is 0 Å². The SMILES string of the molecule is COc1nc(-c2cccc(-c3cccc(-c4ccc5c(c4)cc4n5CCN(C(=O)O)C4)c3Cl)c2Cl)ccc1CN(CC1CCC(=O)N1)C(=O)OC(C)(C)C. The van der Waals surface area contributed by atoms with Crippen molar-refractivity contribution in [3.63, 3.8) is 0 Å². The Kier molecular flexibility index (Phi) is 10.2. The van der Waals surface area contributed by atoms with Crippen molar-refractivity contribution in [2.24, 2.45) is 0 Å². The van der Waals surface area contributed by atoms with Gasteiger partial charge in [0.25, 0.3) is 0 Å². The molecule has 54 heavy (non-hydrogen) atoms. The number of carboxylic acid groups (broad SMARTS) is 1. The van der Waals surface area contributed by atoms with Crippen molar-refractivity contribution in [1.82, 2.24) is 24.7 Å². The van der Waals surface area contributed by atoms with Gasteiger partial charge in [-0.3, -0.25) is 4.79 Å². The molecule has 3 amide bonds. The molecule has 2 N–H and O–H groups in total. The maximum Gasteiger partial charge on any atom is 0.410 e. The van der Waals surface area contributed by atoms with Crippen molar-refractivity contribution in [1.29, 1.82) is 0 Å². The summed E-state index contributed by atoms with van der Waals surface area (Å²) in [5, 5.41) is 14.4. The zero-order valence-electron chi connectivity index (χ0n) is 30.5. The van der Waals surface area contributed by atoms with Gasteiger partial charge in [0.15, 0.2) is 0 Å². The molecule has 1 fully saturated rings. The van der Waals surface area contributed by atoms with Crippen LogP contribution in [0.25, 0.3) is 44.4 Å². The van der Waals surface area contributed by atoms with Crippen LogP contribution in [0.2, 0.25) is 10.0 Å². The van der Waals surface area contributed by atoms with Gasteiger partial charge in [-0.1, -0.05) is 65.7 Å². The number of carbonyl (C=O) groups is 3. The number of ether oxygens (including phenoxy) is 2. The van der Waals surface area contributed by atoms with Crippen LogP contribution in [0.4, 0.5) is 9.59 Å². The number of halogens is 2. The number of pyridine rings is 1. The number of hydrogen-bond donors (Lipinski definition) is 2.